The van der Waals surface area contributed by atoms with Crippen LogP contribution in [0.2, 0.25) is 0 Å². The van der Waals surface area contributed by atoms with Gasteiger partial charge in [-0.25, -0.2) is 8.78 Å². The number of hydrogen-bond acceptors (Lipinski definition) is 0. The molecule has 0 bridgehead atoms. The molecule has 1 rings (SSSR count). The summed E-state index contributed by atoms with van der Waals surface area (Å²) in [7, 11) is 0. The lowest BCUT2D eigenvalue weighted by atomic mass is 9.80. The van der Waals surface area contributed by atoms with Crippen LogP contribution in [0.4, 0.5) is 8.78 Å². The molecule has 1 aliphatic carbocycles. The molecule has 60 valence electrons. The van der Waals surface area contributed by atoms with Crippen LogP contribution in [0.15, 0.2) is 0 Å². The normalized spacial score (nSPS) is 39.6. The van der Waals surface area contributed by atoms with Gasteiger partial charge in [-0.2, -0.15) is 0 Å². The molecule has 0 aromatic rings. The molecule has 0 aromatic carbocycles. The van der Waals surface area contributed by atoms with Gasteiger partial charge in [0, 0.05) is 12.8 Å². The molecule has 2 atom stereocenters. The van der Waals surface area contributed by atoms with E-state index >= 15 is 0 Å². The standard InChI is InChI=1S/C8H14F2/c1-6-3-4-8(9,10)5-7(6)2/h6-7H,3-5H2,1-2H3/t6-,7+/m1/s1. The van der Waals surface area contributed by atoms with E-state index in [-0.39, 0.29) is 18.8 Å². The average molecular weight is 148 g/mol. The van der Waals surface area contributed by atoms with Crippen molar-refractivity contribution in [3.05, 3.63) is 0 Å². The lowest BCUT2D eigenvalue weighted by Gasteiger charge is -2.31. The van der Waals surface area contributed by atoms with Crippen molar-refractivity contribution in [1.82, 2.24) is 0 Å². The fourth-order valence-electron chi connectivity index (χ4n) is 1.50. The van der Waals surface area contributed by atoms with Gasteiger partial charge in [0.1, 0.15) is 0 Å². The Kier molecular flexibility index (Phi) is 1.97. The molecular formula is C8H14F2. The van der Waals surface area contributed by atoms with Gasteiger partial charge in [-0.3, -0.25) is 0 Å². The SMILES string of the molecule is C[C@@H]1CCC(F)(F)C[C@@H]1C. The van der Waals surface area contributed by atoms with Crippen LogP contribution in [0.25, 0.3) is 0 Å². The number of halogens is 2. The van der Waals surface area contributed by atoms with E-state index in [0.29, 0.717) is 12.3 Å². The van der Waals surface area contributed by atoms with E-state index in [1.54, 1.807) is 0 Å². The molecule has 0 radical (unpaired) electrons. The topological polar surface area (TPSA) is 0 Å². The Morgan fingerprint density at radius 2 is 1.80 bits per heavy atom. The summed E-state index contributed by atoms with van der Waals surface area (Å²) >= 11 is 0. The fourth-order valence-corrected chi connectivity index (χ4v) is 1.50. The average Bonchev–Trinajstić information content (AvgIpc) is 1.79. The monoisotopic (exact) mass is 148 g/mol. The van der Waals surface area contributed by atoms with E-state index in [1.807, 2.05) is 6.92 Å². The van der Waals surface area contributed by atoms with Crippen LogP contribution in [0, 0.1) is 11.8 Å². The van der Waals surface area contributed by atoms with Crippen LogP contribution in [0.3, 0.4) is 0 Å². The van der Waals surface area contributed by atoms with Crippen molar-refractivity contribution >= 4 is 0 Å². The maximum atomic E-state index is 12.6. The van der Waals surface area contributed by atoms with E-state index in [9.17, 15) is 8.78 Å². The minimum absolute atomic E-state index is 0.0914. The van der Waals surface area contributed by atoms with Crippen molar-refractivity contribution in [3.8, 4) is 0 Å². The summed E-state index contributed by atoms with van der Waals surface area (Å²) in [5, 5.41) is 0. The quantitative estimate of drug-likeness (QED) is 0.495. The first-order valence-corrected chi connectivity index (χ1v) is 3.89. The van der Waals surface area contributed by atoms with E-state index in [1.165, 1.54) is 0 Å². The highest BCUT2D eigenvalue weighted by molar-refractivity contribution is 4.79. The lowest BCUT2D eigenvalue weighted by molar-refractivity contribution is -0.0632. The molecule has 0 aliphatic heterocycles. The first kappa shape index (κ1) is 7.96. The molecule has 0 aromatic heterocycles. The Hall–Kier alpha value is -0.140. The molecule has 0 heterocycles. The summed E-state index contributed by atoms with van der Waals surface area (Å²) in [6.07, 6.45) is 0.876. The Morgan fingerprint density at radius 3 is 2.20 bits per heavy atom. The van der Waals surface area contributed by atoms with Gasteiger partial charge in [0.15, 0.2) is 0 Å². The van der Waals surface area contributed by atoms with Gasteiger partial charge in [-0.15, -0.1) is 0 Å². The Morgan fingerprint density at radius 1 is 1.20 bits per heavy atom. The molecule has 1 aliphatic rings. The first-order chi connectivity index (χ1) is 4.51. The lowest BCUT2D eigenvalue weighted by Crippen LogP contribution is -2.29. The Balaban J connectivity index is 2.49. The van der Waals surface area contributed by atoms with Gasteiger partial charge in [-0.05, 0) is 18.3 Å². The van der Waals surface area contributed by atoms with Crippen molar-refractivity contribution in [1.29, 1.82) is 0 Å². The van der Waals surface area contributed by atoms with Crippen molar-refractivity contribution in [2.24, 2.45) is 11.8 Å². The van der Waals surface area contributed by atoms with Crippen LogP contribution in [0.5, 0.6) is 0 Å². The smallest absolute Gasteiger partial charge is 0.207 e. The maximum absolute atomic E-state index is 12.6. The maximum Gasteiger partial charge on any atom is 0.248 e. The highest BCUT2D eigenvalue weighted by atomic mass is 19.3. The predicted molar refractivity (Wildman–Crippen MR) is 37.1 cm³/mol. The van der Waals surface area contributed by atoms with Crippen molar-refractivity contribution in [2.75, 3.05) is 0 Å². The minimum atomic E-state index is -2.37. The zero-order valence-corrected chi connectivity index (χ0v) is 6.53. The zero-order chi connectivity index (χ0) is 7.78. The molecule has 0 unspecified atom stereocenters. The van der Waals surface area contributed by atoms with E-state index in [2.05, 4.69) is 6.92 Å². The van der Waals surface area contributed by atoms with Gasteiger partial charge in [0.2, 0.25) is 5.92 Å². The molecule has 0 amide bonds. The number of hydrogen-bond donors (Lipinski definition) is 0. The number of alkyl halides is 2. The molecular weight excluding hydrogens is 134 g/mol. The van der Waals surface area contributed by atoms with E-state index in [0.717, 1.165) is 0 Å². The molecule has 0 N–H and O–H groups in total. The van der Waals surface area contributed by atoms with Gasteiger partial charge in [-0.1, -0.05) is 13.8 Å². The largest absolute Gasteiger partial charge is 0.248 e. The molecule has 2 heteroatoms. The predicted octanol–water partition coefficient (Wildman–Crippen LogP) is 3.08. The highest BCUT2D eigenvalue weighted by Gasteiger charge is 2.37. The second-order valence-corrected chi connectivity index (χ2v) is 3.55. The van der Waals surface area contributed by atoms with Crippen LogP contribution in [0.1, 0.15) is 33.1 Å². The van der Waals surface area contributed by atoms with Crippen molar-refractivity contribution < 1.29 is 8.78 Å². The summed E-state index contributed by atoms with van der Waals surface area (Å²) in [5.74, 6) is -1.69. The van der Waals surface area contributed by atoms with Gasteiger partial charge < -0.3 is 0 Å². The molecule has 0 saturated heterocycles. The third kappa shape index (κ3) is 1.68. The molecule has 0 nitrogen and oxygen atoms in total. The number of rotatable bonds is 0. The van der Waals surface area contributed by atoms with Crippen LogP contribution < -0.4 is 0 Å². The molecule has 1 fully saturated rings. The van der Waals surface area contributed by atoms with Crippen LogP contribution in [-0.2, 0) is 0 Å². The Bertz CT molecular complexity index is 120. The third-order valence-corrected chi connectivity index (χ3v) is 2.56. The summed E-state index contributed by atoms with van der Waals surface area (Å²) < 4.78 is 25.3. The first-order valence-electron chi connectivity index (χ1n) is 3.89. The highest BCUT2D eigenvalue weighted by Crippen LogP contribution is 2.39. The summed E-state index contributed by atoms with van der Waals surface area (Å²) in [6.45, 7) is 3.97. The van der Waals surface area contributed by atoms with Crippen molar-refractivity contribution in [2.45, 2.75) is 39.0 Å². The summed E-state index contributed by atoms with van der Waals surface area (Å²) in [6, 6.07) is 0. The van der Waals surface area contributed by atoms with Crippen LogP contribution in [-0.4, -0.2) is 5.92 Å². The van der Waals surface area contributed by atoms with Gasteiger partial charge in [0.25, 0.3) is 0 Å². The van der Waals surface area contributed by atoms with Gasteiger partial charge in [0.05, 0.1) is 0 Å². The van der Waals surface area contributed by atoms with Crippen molar-refractivity contribution in [3.63, 3.8) is 0 Å². The second-order valence-electron chi connectivity index (χ2n) is 3.55. The van der Waals surface area contributed by atoms with E-state index in [4.69, 9.17) is 0 Å². The minimum Gasteiger partial charge on any atom is -0.207 e. The summed E-state index contributed by atoms with van der Waals surface area (Å²) in [4.78, 5) is 0. The fraction of sp³-hybridized carbons (Fsp3) is 1.00. The van der Waals surface area contributed by atoms with Gasteiger partial charge >= 0.3 is 0 Å². The van der Waals surface area contributed by atoms with Crippen LogP contribution >= 0.6 is 0 Å². The second kappa shape index (κ2) is 2.48. The zero-order valence-electron chi connectivity index (χ0n) is 6.53. The Labute approximate surface area is 60.6 Å². The molecule has 0 spiro atoms. The van der Waals surface area contributed by atoms with E-state index < -0.39 is 5.92 Å². The molecule has 10 heavy (non-hydrogen) atoms. The third-order valence-electron chi connectivity index (χ3n) is 2.56. The molecule has 1 saturated carbocycles. The summed E-state index contributed by atoms with van der Waals surface area (Å²) in [5.41, 5.74) is 0.